The first kappa shape index (κ1) is 16.1. The van der Waals surface area contributed by atoms with Crippen LogP contribution in [-0.2, 0) is 19.6 Å². The van der Waals surface area contributed by atoms with E-state index in [-0.39, 0.29) is 12.1 Å². The molecule has 122 valence electrons. The van der Waals surface area contributed by atoms with Crippen molar-refractivity contribution in [2.45, 2.75) is 31.7 Å². The fraction of sp³-hybridized carbons (Fsp3) is 0.389. The summed E-state index contributed by atoms with van der Waals surface area (Å²) in [5.74, 6) is 0. The first-order valence-electron chi connectivity index (χ1n) is 8.12. The highest BCUT2D eigenvalue weighted by Crippen LogP contribution is 2.13. The van der Waals surface area contributed by atoms with Gasteiger partial charge in [-0.25, -0.2) is 0 Å². The van der Waals surface area contributed by atoms with Crippen LogP contribution in [0.15, 0.2) is 48.7 Å². The van der Waals surface area contributed by atoms with Gasteiger partial charge in [0.1, 0.15) is 0 Å². The summed E-state index contributed by atoms with van der Waals surface area (Å²) in [7, 11) is 0. The number of pyridine rings is 1. The van der Waals surface area contributed by atoms with E-state index in [2.05, 4.69) is 39.5 Å². The van der Waals surface area contributed by atoms with Gasteiger partial charge in [0, 0.05) is 51.0 Å². The lowest BCUT2D eigenvalue weighted by molar-refractivity contribution is 0.324. The molecule has 0 amide bonds. The van der Waals surface area contributed by atoms with Crippen molar-refractivity contribution in [1.82, 2.24) is 15.2 Å². The molecule has 1 saturated heterocycles. The lowest BCUT2D eigenvalue weighted by atomic mass is 10.1. The largest absolute Gasteiger partial charge is 0.325 e. The predicted octanol–water partition coefficient (Wildman–Crippen LogP) is 0.842. The molecule has 1 fully saturated rings. The summed E-state index contributed by atoms with van der Waals surface area (Å²) in [5.41, 5.74) is 15.6. The minimum atomic E-state index is 0.102. The molecule has 1 aromatic carbocycles. The third kappa shape index (κ3) is 4.59. The van der Waals surface area contributed by atoms with Crippen molar-refractivity contribution in [3.8, 4) is 0 Å². The Hall–Kier alpha value is -1.79. The average molecular weight is 311 g/mol. The van der Waals surface area contributed by atoms with Crippen molar-refractivity contribution < 1.29 is 0 Å². The molecule has 2 heterocycles. The third-order valence-corrected chi connectivity index (χ3v) is 4.28. The van der Waals surface area contributed by atoms with Crippen LogP contribution < -0.4 is 16.8 Å². The molecule has 0 aliphatic carbocycles. The Labute approximate surface area is 137 Å². The Morgan fingerprint density at radius 1 is 0.957 bits per heavy atom. The Balaban J connectivity index is 1.46. The maximum atomic E-state index is 5.97. The molecule has 0 bridgehead atoms. The molecular formula is C18H25N5. The SMILES string of the molecule is NC1CN(Cc2ccc(CNCc3ccccn3)cc2)CC1N. The number of nitrogens with zero attached hydrogens (tertiary/aromatic N) is 2. The van der Waals surface area contributed by atoms with Crippen LogP contribution in [-0.4, -0.2) is 35.1 Å². The van der Waals surface area contributed by atoms with E-state index >= 15 is 0 Å². The molecule has 1 aromatic heterocycles. The van der Waals surface area contributed by atoms with Crippen LogP contribution in [0.4, 0.5) is 0 Å². The van der Waals surface area contributed by atoms with Crippen molar-refractivity contribution in [3.63, 3.8) is 0 Å². The zero-order chi connectivity index (χ0) is 16.1. The lowest BCUT2D eigenvalue weighted by Gasteiger charge is -2.15. The van der Waals surface area contributed by atoms with Gasteiger partial charge >= 0.3 is 0 Å². The van der Waals surface area contributed by atoms with Crippen LogP contribution in [0, 0.1) is 0 Å². The third-order valence-electron chi connectivity index (χ3n) is 4.28. The summed E-state index contributed by atoms with van der Waals surface area (Å²) < 4.78 is 0. The predicted molar refractivity (Wildman–Crippen MR) is 92.5 cm³/mol. The maximum absolute atomic E-state index is 5.97. The number of nitrogens with two attached hydrogens (primary N) is 2. The summed E-state index contributed by atoms with van der Waals surface area (Å²) in [6.45, 7) is 4.31. The van der Waals surface area contributed by atoms with Crippen molar-refractivity contribution in [1.29, 1.82) is 0 Å². The van der Waals surface area contributed by atoms with E-state index in [1.807, 2.05) is 24.4 Å². The topological polar surface area (TPSA) is 80.2 Å². The Kier molecular flexibility index (Phi) is 5.35. The Morgan fingerprint density at radius 3 is 2.30 bits per heavy atom. The normalized spacial score (nSPS) is 21.7. The summed E-state index contributed by atoms with van der Waals surface area (Å²) >= 11 is 0. The molecule has 5 N–H and O–H groups in total. The second kappa shape index (κ2) is 7.66. The highest BCUT2D eigenvalue weighted by molar-refractivity contribution is 5.22. The standard InChI is InChI=1S/C18H25N5/c19-17-12-23(13-18(17)20)11-15-6-4-14(5-7-15)9-21-10-16-3-1-2-8-22-16/h1-8,17-18,21H,9-13,19-20H2. The lowest BCUT2D eigenvalue weighted by Crippen LogP contribution is -2.39. The second-order valence-electron chi connectivity index (χ2n) is 6.26. The van der Waals surface area contributed by atoms with E-state index in [1.165, 1.54) is 11.1 Å². The molecule has 1 aliphatic heterocycles. The zero-order valence-electron chi connectivity index (χ0n) is 13.4. The van der Waals surface area contributed by atoms with E-state index < -0.39 is 0 Å². The highest BCUT2D eigenvalue weighted by Gasteiger charge is 2.26. The number of nitrogens with one attached hydrogen (secondary N) is 1. The Morgan fingerprint density at radius 2 is 1.65 bits per heavy atom. The van der Waals surface area contributed by atoms with Gasteiger partial charge in [-0.1, -0.05) is 30.3 Å². The van der Waals surface area contributed by atoms with Gasteiger partial charge in [0.2, 0.25) is 0 Å². The van der Waals surface area contributed by atoms with Crippen LogP contribution in [0.5, 0.6) is 0 Å². The minimum Gasteiger partial charge on any atom is -0.325 e. The first-order valence-corrected chi connectivity index (χ1v) is 8.12. The van der Waals surface area contributed by atoms with Gasteiger partial charge in [0.15, 0.2) is 0 Å². The summed E-state index contributed by atoms with van der Waals surface area (Å²) in [4.78, 5) is 6.63. The number of rotatable bonds is 6. The summed E-state index contributed by atoms with van der Waals surface area (Å²) in [6, 6.07) is 14.9. The molecule has 3 rings (SSSR count). The van der Waals surface area contributed by atoms with Gasteiger partial charge in [-0.2, -0.15) is 0 Å². The molecule has 5 nitrogen and oxygen atoms in total. The van der Waals surface area contributed by atoms with Gasteiger partial charge in [-0.05, 0) is 23.3 Å². The molecule has 2 unspecified atom stereocenters. The maximum Gasteiger partial charge on any atom is 0.0541 e. The van der Waals surface area contributed by atoms with E-state index in [4.69, 9.17) is 11.5 Å². The van der Waals surface area contributed by atoms with Gasteiger partial charge in [-0.15, -0.1) is 0 Å². The van der Waals surface area contributed by atoms with Crippen LogP contribution >= 0.6 is 0 Å². The molecule has 2 atom stereocenters. The minimum absolute atomic E-state index is 0.102. The van der Waals surface area contributed by atoms with E-state index in [0.717, 1.165) is 38.4 Å². The zero-order valence-corrected chi connectivity index (χ0v) is 13.4. The second-order valence-corrected chi connectivity index (χ2v) is 6.26. The van der Waals surface area contributed by atoms with Crippen LogP contribution in [0.25, 0.3) is 0 Å². The summed E-state index contributed by atoms with van der Waals surface area (Å²) in [5, 5.41) is 3.42. The van der Waals surface area contributed by atoms with E-state index in [1.54, 1.807) is 0 Å². The summed E-state index contributed by atoms with van der Waals surface area (Å²) in [6.07, 6.45) is 1.82. The van der Waals surface area contributed by atoms with E-state index in [9.17, 15) is 0 Å². The van der Waals surface area contributed by atoms with Gasteiger partial charge in [0.25, 0.3) is 0 Å². The fourth-order valence-electron chi connectivity index (χ4n) is 2.93. The molecule has 0 saturated carbocycles. The number of hydrogen-bond acceptors (Lipinski definition) is 5. The quantitative estimate of drug-likeness (QED) is 0.737. The monoisotopic (exact) mass is 311 g/mol. The van der Waals surface area contributed by atoms with Crippen LogP contribution in [0.2, 0.25) is 0 Å². The fourth-order valence-corrected chi connectivity index (χ4v) is 2.93. The van der Waals surface area contributed by atoms with Crippen molar-refractivity contribution >= 4 is 0 Å². The molecule has 1 aliphatic rings. The Bertz CT molecular complexity index is 589. The van der Waals surface area contributed by atoms with Gasteiger partial charge in [-0.3, -0.25) is 9.88 Å². The number of aromatic nitrogens is 1. The first-order chi connectivity index (χ1) is 11.2. The molecule has 5 heteroatoms. The smallest absolute Gasteiger partial charge is 0.0541 e. The molecule has 2 aromatic rings. The average Bonchev–Trinajstić information content (AvgIpc) is 2.88. The number of likely N-dealkylation sites (tertiary alicyclic amines) is 1. The van der Waals surface area contributed by atoms with Crippen molar-refractivity contribution in [2.24, 2.45) is 11.5 Å². The highest BCUT2D eigenvalue weighted by atomic mass is 15.2. The molecule has 0 spiro atoms. The molecule has 23 heavy (non-hydrogen) atoms. The number of hydrogen-bond donors (Lipinski definition) is 3. The molecule has 0 radical (unpaired) electrons. The number of benzene rings is 1. The van der Waals surface area contributed by atoms with Crippen LogP contribution in [0.1, 0.15) is 16.8 Å². The van der Waals surface area contributed by atoms with E-state index in [0.29, 0.717) is 0 Å². The van der Waals surface area contributed by atoms with Gasteiger partial charge in [0.05, 0.1) is 5.69 Å². The molecular weight excluding hydrogens is 286 g/mol. The van der Waals surface area contributed by atoms with Crippen molar-refractivity contribution in [3.05, 3.63) is 65.5 Å². The van der Waals surface area contributed by atoms with Gasteiger partial charge < -0.3 is 16.8 Å². The van der Waals surface area contributed by atoms with Crippen molar-refractivity contribution in [2.75, 3.05) is 13.1 Å². The van der Waals surface area contributed by atoms with Crippen LogP contribution in [0.3, 0.4) is 0 Å².